The molecule has 5 unspecified atom stereocenters. The molecule has 3 aliphatic carbocycles. The standard InChI is InChI=1S/C26H34ClN5O2/c1-4-16-12-25(2)7-5-8-26(13-16,15-25)32-22-20(31(3)24(32)33)14-28-23(30-22)29-19-10-17-6-9-34-21(17)11-18(19)27/h10-11,14,16-17,21H,4-9,12-13,15H2,1-3H3,(H,28,29,30). The molecule has 0 radical (unpaired) electrons. The Balaban J connectivity index is 1.43. The van der Waals surface area contributed by atoms with E-state index in [4.69, 9.17) is 21.3 Å². The topological polar surface area (TPSA) is 74.0 Å². The normalized spacial score (nSPS) is 35.1. The minimum absolute atomic E-state index is 0.0169. The lowest BCUT2D eigenvalue weighted by Gasteiger charge is -2.54. The fourth-order valence-electron chi connectivity index (χ4n) is 7.37. The van der Waals surface area contributed by atoms with Crippen LogP contribution in [0.1, 0.15) is 65.2 Å². The highest BCUT2D eigenvalue weighted by Gasteiger charge is 2.50. The fraction of sp³-hybridized carbons (Fsp3) is 0.654. The van der Waals surface area contributed by atoms with E-state index in [1.807, 2.05) is 17.7 Å². The number of nitrogens with one attached hydrogen (secondary N) is 1. The van der Waals surface area contributed by atoms with Gasteiger partial charge in [-0.25, -0.2) is 9.78 Å². The maximum absolute atomic E-state index is 13.6. The number of ether oxygens (including phenoxy) is 1. The zero-order valence-corrected chi connectivity index (χ0v) is 21.1. The molecule has 3 fully saturated rings. The van der Waals surface area contributed by atoms with E-state index in [1.54, 1.807) is 10.8 Å². The summed E-state index contributed by atoms with van der Waals surface area (Å²) in [5.74, 6) is 1.43. The van der Waals surface area contributed by atoms with E-state index in [0.717, 1.165) is 62.0 Å². The predicted molar refractivity (Wildman–Crippen MR) is 134 cm³/mol. The number of imidazole rings is 1. The van der Waals surface area contributed by atoms with Gasteiger partial charge in [0.25, 0.3) is 0 Å². The number of fused-ring (bicyclic) bond motifs is 4. The van der Waals surface area contributed by atoms with E-state index >= 15 is 0 Å². The highest BCUT2D eigenvalue weighted by atomic mass is 35.5. The van der Waals surface area contributed by atoms with Crippen molar-refractivity contribution in [2.45, 2.75) is 76.9 Å². The molecule has 7 nitrogen and oxygen atoms in total. The van der Waals surface area contributed by atoms with Gasteiger partial charge in [-0.2, -0.15) is 4.98 Å². The number of rotatable bonds is 4. The van der Waals surface area contributed by atoms with Crippen molar-refractivity contribution in [2.24, 2.45) is 24.3 Å². The van der Waals surface area contributed by atoms with Gasteiger partial charge in [-0.05, 0) is 55.9 Å². The Morgan fingerprint density at radius 3 is 2.97 bits per heavy atom. The van der Waals surface area contributed by atoms with Gasteiger partial charge in [-0.3, -0.25) is 9.13 Å². The zero-order chi connectivity index (χ0) is 23.7. The Hall–Kier alpha value is -2.12. The van der Waals surface area contributed by atoms with Gasteiger partial charge in [0.2, 0.25) is 5.95 Å². The van der Waals surface area contributed by atoms with Crippen LogP contribution in [0.15, 0.2) is 33.9 Å². The molecule has 2 aromatic heterocycles. The molecule has 0 aromatic carbocycles. The molecule has 5 atom stereocenters. The van der Waals surface area contributed by atoms with Crippen molar-refractivity contribution in [3.05, 3.63) is 39.6 Å². The fourth-order valence-corrected chi connectivity index (χ4v) is 7.60. The van der Waals surface area contributed by atoms with E-state index in [1.165, 1.54) is 12.8 Å². The molecule has 2 aromatic rings. The van der Waals surface area contributed by atoms with Crippen LogP contribution in [0.25, 0.3) is 11.2 Å². The molecule has 2 bridgehead atoms. The number of hydrogen-bond donors (Lipinski definition) is 1. The minimum Gasteiger partial charge on any atom is -0.373 e. The molecule has 182 valence electrons. The number of halogens is 1. The Labute approximate surface area is 205 Å². The smallest absolute Gasteiger partial charge is 0.330 e. The highest BCUT2D eigenvalue weighted by Crippen LogP contribution is 2.56. The van der Waals surface area contributed by atoms with Gasteiger partial charge in [-0.15, -0.1) is 0 Å². The van der Waals surface area contributed by atoms with Crippen molar-refractivity contribution >= 4 is 28.7 Å². The average molecular weight is 484 g/mol. The van der Waals surface area contributed by atoms with Crippen LogP contribution in [-0.4, -0.2) is 31.8 Å². The summed E-state index contributed by atoms with van der Waals surface area (Å²) in [4.78, 5) is 23.1. The summed E-state index contributed by atoms with van der Waals surface area (Å²) >= 11 is 6.55. The van der Waals surface area contributed by atoms with Gasteiger partial charge >= 0.3 is 5.69 Å². The van der Waals surface area contributed by atoms with Crippen molar-refractivity contribution in [3.63, 3.8) is 0 Å². The molecule has 4 aliphatic rings. The van der Waals surface area contributed by atoms with Crippen LogP contribution in [0.4, 0.5) is 5.95 Å². The van der Waals surface area contributed by atoms with Crippen LogP contribution in [0.5, 0.6) is 0 Å². The summed E-state index contributed by atoms with van der Waals surface area (Å²) < 4.78 is 9.48. The van der Waals surface area contributed by atoms with Crippen LogP contribution in [0.3, 0.4) is 0 Å². The summed E-state index contributed by atoms with van der Waals surface area (Å²) in [6, 6.07) is 0. The van der Waals surface area contributed by atoms with Crippen molar-refractivity contribution in [1.29, 1.82) is 0 Å². The molecule has 1 saturated heterocycles. The Kier molecular flexibility index (Phi) is 5.23. The molecule has 1 aliphatic heterocycles. The van der Waals surface area contributed by atoms with Crippen LogP contribution < -0.4 is 11.0 Å². The SMILES string of the molecule is CCC1CC2(C)CCCC(n3c(=O)n(C)c4cnc(NC5=CC6CCOC6C=C5Cl)nc43)(C1)C2. The first-order chi connectivity index (χ1) is 16.3. The van der Waals surface area contributed by atoms with Crippen molar-refractivity contribution < 1.29 is 4.74 Å². The van der Waals surface area contributed by atoms with Crippen LogP contribution in [0, 0.1) is 17.3 Å². The van der Waals surface area contributed by atoms with E-state index < -0.39 is 0 Å². The molecule has 3 heterocycles. The molecule has 2 saturated carbocycles. The zero-order valence-electron chi connectivity index (χ0n) is 20.3. The summed E-state index contributed by atoms with van der Waals surface area (Å²) in [5.41, 5.74) is 2.44. The summed E-state index contributed by atoms with van der Waals surface area (Å²) in [5, 5.41) is 3.96. The van der Waals surface area contributed by atoms with E-state index in [9.17, 15) is 4.79 Å². The van der Waals surface area contributed by atoms with E-state index in [2.05, 4.69) is 30.2 Å². The van der Waals surface area contributed by atoms with Crippen LogP contribution in [-0.2, 0) is 17.3 Å². The predicted octanol–water partition coefficient (Wildman–Crippen LogP) is 5.06. The Morgan fingerprint density at radius 2 is 2.15 bits per heavy atom. The van der Waals surface area contributed by atoms with Gasteiger partial charge in [0.1, 0.15) is 5.52 Å². The van der Waals surface area contributed by atoms with E-state index in [-0.39, 0.29) is 22.7 Å². The largest absolute Gasteiger partial charge is 0.373 e. The number of nitrogens with zero attached hydrogens (tertiary/aromatic N) is 4. The second kappa shape index (κ2) is 7.95. The number of allylic oxidation sites excluding steroid dienone is 1. The van der Waals surface area contributed by atoms with Crippen molar-refractivity contribution in [2.75, 3.05) is 11.9 Å². The third-order valence-electron chi connectivity index (χ3n) is 8.86. The molecule has 8 heteroatoms. The second-order valence-electron chi connectivity index (χ2n) is 11.3. The quantitative estimate of drug-likeness (QED) is 0.657. The maximum atomic E-state index is 13.6. The summed E-state index contributed by atoms with van der Waals surface area (Å²) in [6.45, 7) is 5.46. The van der Waals surface area contributed by atoms with Gasteiger partial charge < -0.3 is 10.1 Å². The van der Waals surface area contributed by atoms with Crippen LogP contribution >= 0.6 is 11.6 Å². The van der Waals surface area contributed by atoms with Crippen LogP contribution in [0.2, 0.25) is 0 Å². The molecule has 6 rings (SSSR count). The lowest BCUT2D eigenvalue weighted by atomic mass is 9.56. The first kappa shape index (κ1) is 22.4. The molecule has 0 amide bonds. The molecular weight excluding hydrogens is 450 g/mol. The van der Waals surface area contributed by atoms with E-state index in [0.29, 0.717) is 22.8 Å². The molecule has 1 N–H and O–H groups in total. The average Bonchev–Trinajstić information content (AvgIpc) is 3.34. The van der Waals surface area contributed by atoms with Gasteiger partial charge in [0.15, 0.2) is 5.65 Å². The summed E-state index contributed by atoms with van der Waals surface area (Å²) in [7, 11) is 1.83. The number of aryl methyl sites for hydroxylation is 1. The third kappa shape index (κ3) is 3.46. The molecular formula is C26H34ClN5O2. The van der Waals surface area contributed by atoms with Gasteiger partial charge in [0, 0.05) is 19.6 Å². The molecule has 34 heavy (non-hydrogen) atoms. The highest BCUT2D eigenvalue weighted by molar-refractivity contribution is 6.32. The maximum Gasteiger partial charge on any atom is 0.330 e. The Morgan fingerprint density at radius 1 is 1.29 bits per heavy atom. The van der Waals surface area contributed by atoms with Gasteiger partial charge in [0.05, 0.1) is 28.6 Å². The number of anilines is 1. The second-order valence-corrected chi connectivity index (χ2v) is 11.7. The van der Waals surface area contributed by atoms with Crippen molar-refractivity contribution in [3.8, 4) is 0 Å². The monoisotopic (exact) mass is 483 g/mol. The summed E-state index contributed by atoms with van der Waals surface area (Å²) in [6.07, 6.45) is 14.8. The Bertz CT molecular complexity index is 1260. The lowest BCUT2D eigenvalue weighted by molar-refractivity contribution is -0.0117. The first-order valence-electron chi connectivity index (χ1n) is 12.7. The lowest BCUT2D eigenvalue weighted by Crippen LogP contribution is -2.52. The minimum atomic E-state index is -0.176. The number of hydrogen-bond acceptors (Lipinski definition) is 5. The molecule has 0 spiro atoms. The van der Waals surface area contributed by atoms with Crippen molar-refractivity contribution in [1.82, 2.24) is 19.1 Å². The first-order valence-corrected chi connectivity index (χ1v) is 13.1. The van der Waals surface area contributed by atoms with Gasteiger partial charge in [-0.1, -0.05) is 44.4 Å². The number of aromatic nitrogens is 4. The third-order valence-corrected chi connectivity index (χ3v) is 9.19.